The summed E-state index contributed by atoms with van der Waals surface area (Å²) in [6.45, 7) is 6.38. The Kier molecular flexibility index (Phi) is 1.33. The van der Waals surface area contributed by atoms with E-state index in [4.69, 9.17) is 0 Å². The Morgan fingerprint density at radius 2 is 2.43 bits per heavy atom. The van der Waals surface area contributed by atoms with E-state index < -0.39 is 0 Å². The minimum atomic E-state index is 0.699. The van der Waals surface area contributed by atoms with E-state index >= 15 is 0 Å². The number of nitrogens with zero attached hydrogens (tertiary/aromatic N) is 1. The standard InChI is InChI=1S/C6H12N/c1-6-3-4-7(2)5-6/h6H,1,3-5H2,2H3/q-1/t6-/m1/s1. The molecule has 0 unspecified atom stereocenters. The molecular weight excluding hydrogens is 86.1 g/mol. The van der Waals surface area contributed by atoms with Gasteiger partial charge < -0.3 is 11.8 Å². The third-order valence-electron chi connectivity index (χ3n) is 1.49. The van der Waals surface area contributed by atoms with E-state index in [9.17, 15) is 0 Å². The van der Waals surface area contributed by atoms with Crippen molar-refractivity contribution in [1.29, 1.82) is 0 Å². The first-order valence-electron chi connectivity index (χ1n) is 2.80. The minimum absolute atomic E-state index is 0.699. The molecule has 1 fully saturated rings. The van der Waals surface area contributed by atoms with Crippen molar-refractivity contribution in [3.8, 4) is 0 Å². The van der Waals surface area contributed by atoms with E-state index in [1.54, 1.807) is 0 Å². The van der Waals surface area contributed by atoms with Crippen LogP contribution in [0.25, 0.3) is 0 Å². The third kappa shape index (κ3) is 1.16. The number of likely N-dealkylation sites (tertiary alicyclic amines) is 1. The van der Waals surface area contributed by atoms with Gasteiger partial charge in [0.2, 0.25) is 0 Å². The van der Waals surface area contributed by atoms with Gasteiger partial charge in [0.25, 0.3) is 0 Å². The molecule has 0 N–H and O–H groups in total. The molecule has 1 saturated heterocycles. The summed E-state index contributed by atoms with van der Waals surface area (Å²) in [6.07, 6.45) is 1.29. The molecule has 0 saturated carbocycles. The Bertz CT molecular complexity index is 53.2. The molecule has 0 aromatic carbocycles. The Hall–Kier alpha value is -0.0400. The van der Waals surface area contributed by atoms with Gasteiger partial charge in [-0.25, -0.2) is 0 Å². The predicted molar refractivity (Wildman–Crippen MR) is 31.0 cm³/mol. The zero-order valence-corrected chi connectivity index (χ0v) is 4.85. The first kappa shape index (κ1) is 5.10. The summed E-state index contributed by atoms with van der Waals surface area (Å²) in [7, 11) is 2.14. The topological polar surface area (TPSA) is 3.24 Å². The van der Waals surface area contributed by atoms with E-state index in [0.29, 0.717) is 5.92 Å². The van der Waals surface area contributed by atoms with Crippen molar-refractivity contribution >= 4 is 0 Å². The lowest BCUT2D eigenvalue weighted by Crippen LogP contribution is -2.12. The highest BCUT2D eigenvalue weighted by molar-refractivity contribution is 4.73. The maximum Gasteiger partial charge on any atom is -0.00442 e. The Morgan fingerprint density at radius 3 is 2.57 bits per heavy atom. The van der Waals surface area contributed by atoms with Crippen molar-refractivity contribution in [2.75, 3.05) is 20.1 Å². The van der Waals surface area contributed by atoms with Crippen LogP contribution < -0.4 is 0 Å². The molecule has 1 heterocycles. The van der Waals surface area contributed by atoms with Crippen LogP contribution in [-0.4, -0.2) is 25.0 Å². The van der Waals surface area contributed by atoms with Gasteiger partial charge in [0.15, 0.2) is 0 Å². The van der Waals surface area contributed by atoms with Crippen molar-refractivity contribution in [3.63, 3.8) is 0 Å². The summed E-state index contributed by atoms with van der Waals surface area (Å²) in [6, 6.07) is 0. The van der Waals surface area contributed by atoms with Gasteiger partial charge in [-0.05, 0) is 20.1 Å². The summed E-state index contributed by atoms with van der Waals surface area (Å²) < 4.78 is 0. The average molecular weight is 98.2 g/mol. The quantitative estimate of drug-likeness (QED) is 0.404. The van der Waals surface area contributed by atoms with E-state index in [1.807, 2.05) is 0 Å². The van der Waals surface area contributed by atoms with Gasteiger partial charge in [-0.3, -0.25) is 0 Å². The normalized spacial score (nSPS) is 34.3. The zero-order chi connectivity index (χ0) is 5.28. The molecule has 7 heavy (non-hydrogen) atoms. The van der Waals surface area contributed by atoms with E-state index in [1.165, 1.54) is 19.5 Å². The number of rotatable bonds is 0. The van der Waals surface area contributed by atoms with Crippen LogP contribution >= 0.6 is 0 Å². The third-order valence-corrected chi connectivity index (χ3v) is 1.49. The van der Waals surface area contributed by atoms with Crippen molar-refractivity contribution in [1.82, 2.24) is 4.90 Å². The zero-order valence-electron chi connectivity index (χ0n) is 4.85. The van der Waals surface area contributed by atoms with Crippen LogP contribution in [0.15, 0.2) is 0 Å². The molecule has 1 aliphatic heterocycles. The predicted octanol–water partition coefficient (Wildman–Crippen LogP) is 0.772. The summed E-state index contributed by atoms with van der Waals surface area (Å²) in [5.74, 6) is 0.699. The van der Waals surface area contributed by atoms with E-state index in [-0.39, 0.29) is 0 Å². The fourth-order valence-corrected chi connectivity index (χ4v) is 1.03. The van der Waals surface area contributed by atoms with Gasteiger partial charge in [0, 0.05) is 0 Å². The fourth-order valence-electron chi connectivity index (χ4n) is 1.03. The lowest BCUT2D eigenvalue weighted by atomic mass is 10.2. The van der Waals surface area contributed by atoms with Crippen LogP contribution in [0.3, 0.4) is 0 Å². The monoisotopic (exact) mass is 98.1 g/mol. The smallest absolute Gasteiger partial charge is 0.00442 e. The second kappa shape index (κ2) is 1.83. The van der Waals surface area contributed by atoms with Crippen molar-refractivity contribution in [2.45, 2.75) is 6.42 Å². The SMILES string of the molecule is [CH2-][C@@H]1CCN(C)C1. The first-order valence-corrected chi connectivity index (χ1v) is 2.80. The van der Waals surface area contributed by atoms with E-state index in [0.717, 1.165) is 0 Å². The van der Waals surface area contributed by atoms with Gasteiger partial charge in [0.05, 0.1) is 0 Å². The molecule has 1 rings (SSSR count). The maximum absolute atomic E-state index is 3.95. The van der Waals surface area contributed by atoms with Gasteiger partial charge in [-0.2, -0.15) is 5.92 Å². The van der Waals surface area contributed by atoms with Crippen LogP contribution in [0, 0.1) is 12.8 Å². The number of hydrogen-bond acceptors (Lipinski definition) is 1. The van der Waals surface area contributed by atoms with Crippen LogP contribution in [0.4, 0.5) is 0 Å². The van der Waals surface area contributed by atoms with Crippen LogP contribution in [0.2, 0.25) is 0 Å². The Labute approximate surface area is 45.3 Å². The summed E-state index contributed by atoms with van der Waals surface area (Å²) in [4.78, 5) is 2.32. The van der Waals surface area contributed by atoms with Crippen molar-refractivity contribution in [2.24, 2.45) is 5.92 Å². The van der Waals surface area contributed by atoms with Gasteiger partial charge in [0.1, 0.15) is 0 Å². The highest BCUT2D eigenvalue weighted by atomic mass is 15.1. The molecule has 1 heteroatoms. The second-order valence-electron chi connectivity index (χ2n) is 2.42. The molecule has 1 aliphatic rings. The molecule has 0 aromatic rings. The summed E-state index contributed by atoms with van der Waals surface area (Å²) in [5, 5.41) is 0. The van der Waals surface area contributed by atoms with Gasteiger partial charge in [-0.15, -0.1) is 0 Å². The molecule has 0 aliphatic carbocycles. The molecule has 0 radical (unpaired) electrons. The van der Waals surface area contributed by atoms with Crippen molar-refractivity contribution < 1.29 is 0 Å². The van der Waals surface area contributed by atoms with Crippen LogP contribution in [0.5, 0.6) is 0 Å². The summed E-state index contributed by atoms with van der Waals surface area (Å²) >= 11 is 0. The fraction of sp³-hybridized carbons (Fsp3) is 0.833. The molecule has 42 valence electrons. The average Bonchev–Trinajstić information content (AvgIpc) is 1.87. The molecule has 0 aromatic heterocycles. The molecule has 0 amide bonds. The largest absolute Gasteiger partial charge is 0.339 e. The lowest BCUT2D eigenvalue weighted by Gasteiger charge is -2.07. The molecule has 0 spiro atoms. The Morgan fingerprint density at radius 1 is 1.71 bits per heavy atom. The Balaban J connectivity index is 2.26. The van der Waals surface area contributed by atoms with Crippen LogP contribution in [0.1, 0.15) is 6.42 Å². The molecule has 0 bridgehead atoms. The van der Waals surface area contributed by atoms with Gasteiger partial charge in [-0.1, -0.05) is 6.42 Å². The highest BCUT2D eigenvalue weighted by Crippen LogP contribution is 2.11. The minimum Gasteiger partial charge on any atom is -0.339 e. The second-order valence-corrected chi connectivity index (χ2v) is 2.42. The number of hydrogen-bond donors (Lipinski definition) is 0. The first-order chi connectivity index (χ1) is 3.29. The molecular formula is C6H12N-. The van der Waals surface area contributed by atoms with Crippen molar-refractivity contribution in [3.05, 3.63) is 6.92 Å². The summed E-state index contributed by atoms with van der Waals surface area (Å²) in [5.41, 5.74) is 0. The molecule has 1 atom stereocenters. The molecule has 1 nitrogen and oxygen atoms in total. The maximum atomic E-state index is 3.95. The van der Waals surface area contributed by atoms with Crippen LogP contribution in [-0.2, 0) is 0 Å². The van der Waals surface area contributed by atoms with Gasteiger partial charge >= 0.3 is 0 Å². The lowest BCUT2D eigenvalue weighted by molar-refractivity contribution is 0.407. The highest BCUT2D eigenvalue weighted by Gasteiger charge is 2.08. The van der Waals surface area contributed by atoms with E-state index in [2.05, 4.69) is 18.9 Å².